The fourth-order valence-corrected chi connectivity index (χ4v) is 2.20. The van der Waals surface area contributed by atoms with Gasteiger partial charge in [-0.3, -0.25) is 4.79 Å². The van der Waals surface area contributed by atoms with E-state index in [1.54, 1.807) is 13.8 Å². The van der Waals surface area contributed by atoms with E-state index >= 15 is 0 Å². The maximum atomic E-state index is 12.3. The summed E-state index contributed by atoms with van der Waals surface area (Å²) in [5.41, 5.74) is 0.693. The van der Waals surface area contributed by atoms with Crippen LogP contribution >= 0.6 is 0 Å². The van der Waals surface area contributed by atoms with Crippen LogP contribution in [-0.2, 0) is 4.79 Å². The van der Waals surface area contributed by atoms with Crippen LogP contribution in [0.25, 0.3) is 0 Å². The Bertz CT molecular complexity index is 476. The molecule has 7 nitrogen and oxygen atoms in total. The summed E-state index contributed by atoms with van der Waals surface area (Å²) >= 11 is 0. The minimum atomic E-state index is -1.12. The van der Waals surface area contributed by atoms with Gasteiger partial charge in [-0.1, -0.05) is 5.16 Å². The molecule has 0 aromatic carbocycles. The molecule has 7 heteroatoms. The minimum absolute atomic E-state index is 0.0138. The average molecular weight is 254 g/mol. The van der Waals surface area contributed by atoms with Gasteiger partial charge >= 0.3 is 5.97 Å². The van der Waals surface area contributed by atoms with Crippen molar-refractivity contribution < 1.29 is 24.3 Å². The molecule has 0 saturated carbocycles. The Labute approximate surface area is 103 Å². The SMILES string of the molecule is Cc1noc(C)c1C(=O)N1C[C@H](O)C[C@H]1C(=O)O. The van der Waals surface area contributed by atoms with Crippen LogP contribution in [0, 0.1) is 13.8 Å². The first kappa shape index (κ1) is 12.6. The van der Waals surface area contributed by atoms with Crippen molar-refractivity contribution in [3.63, 3.8) is 0 Å². The number of rotatable bonds is 2. The van der Waals surface area contributed by atoms with Gasteiger partial charge in [-0.15, -0.1) is 0 Å². The maximum Gasteiger partial charge on any atom is 0.326 e. The molecule has 0 radical (unpaired) electrons. The smallest absolute Gasteiger partial charge is 0.326 e. The van der Waals surface area contributed by atoms with E-state index < -0.39 is 24.0 Å². The number of amides is 1. The number of carbonyl (C=O) groups excluding carboxylic acids is 1. The number of nitrogens with zero attached hydrogens (tertiary/aromatic N) is 2. The number of aliphatic hydroxyl groups is 1. The second-order valence-electron chi connectivity index (χ2n) is 4.40. The van der Waals surface area contributed by atoms with Crippen molar-refractivity contribution in [1.29, 1.82) is 0 Å². The zero-order valence-corrected chi connectivity index (χ0v) is 10.1. The number of likely N-dealkylation sites (tertiary alicyclic amines) is 1. The summed E-state index contributed by atoms with van der Waals surface area (Å²) in [5.74, 6) is -1.23. The molecule has 0 aliphatic carbocycles. The number of aryl methyl sites for hydroxylation is 2. The first-order valence-electron chi connectivity index (χ1n) is 5.56. The lowest BCUT2D eigenvalue weighted by Gasteiger charge is -2.20. The van der Waals surface area contributed by atoms with Crippen LogP contribution in [-0.4, -0.2) is 50.8 Å². The molecule has 2 atom stereocenters. The summed E-state index contributed by atoms with van der Waals surface area (Å²) < 4.78 is 4.89. The van der Waals surface area contributed by atoms with Gasteiger partial charge < -0.3 is 19.6 Å². The molecule has 1 aliphatic rings. The fraction of sp³-hybridized carbons (Fsp3) is 0.545. The standard InChI is InChI=1S/C11H14N2O5/c1-5-9(6(2)18-12-5)10(15)13-4-7(14)3-8(13)11(16)17/h7-8,14H,3-4H2,1-2H3,(H,16,17)/t7-,8+/m1/s1. The van der Waals surface area contributed by atoms with Crippen LogP contribution in [0.15, 0.2) is 4.52 Å². The second-order valence-corrected chi connectivity index (χ2v) is 4.40. The molecule has 0 spiro atoms. The highest BCUT2D eigenvalue weighted by atomic mass is 16.5. The highest BCUT2D eigenvalue weighted by molar-refractivity contribution is 5.98. The number of aliphatic carboxylic acids is 1. The molecule has 1 saturated heterocycles. The van der Waals surface area contributed by atoms with Crippen LogP contribution in [0.3, 0.4) is 0 Å². The van der Waals surface area contributed by atoms with Crippen molar-refractivity contribution in [3.8, 4) is 0 Å². The van der Waals surface area contributed by atoms with Gasteiger partial charge in [-0.2, -0.15) is 0 Å². The van der Waals surface area contributed by atoms with Gasteiger partial charge in [0.25, 0.3) is 5.91 Å². The predicted molar refractivity (Wildman–Crippen MR) is 59.1 cm³/mol. The normalized spacial score (nSPS) is 23.4. The van der Waals surface area contributed by atoms with E-state index in [-0.39, 0.29) is 18.5 Å². The topological polar surface area (TPSA) is 104 Å². The Morgan fingerprint density at radius 2 is 2.11 bits per heavy atom. The lowest BCUT2D eigenvalue weighted by molar-refractivity contribution is -0.141. The Kier molecular flexibility index (Phi) is 3.08. The Hall–Kier alpha value is -1.89. The lowest BCUT2D eigenvalue weighted by Crippen LogP contribution is -2.40. The summed E-state index contributed by atoms with van der Waals surface area (Å²) in [5, 5.41) is 22.2. The average Bonchev–Trinajstić information content (AvgIpc) is 2.82. The van der Waals surface area contributed by atoms with Crippen molar-refractivity contribution in [2.75, 3.05) is 6.54 Å². The van der Waals surface area contributed by atoms with Crippen molar-refractivity contribution in [3.05, 3.63) is 17.0 Å². The highest BCUT2D eigenvalue weighted by Crippen LogP contribution is 2.23. The molecule has 1 aliphatic heterocycles. The van der Waals surface area contributed by atoms with E-state index in [0.717, 1.165) is 4.90 Å². The Morgan fingerprint density at radius 3 is 2.61 bits per heavy atom. The molecule has 2 heterocycles. The molecular weight excluding hydrogens is 240 g/mol. The number of carboxylic acids is 1. The van der Waals surface area contributed by atoms with Gasteiger partial charge in [0.15, 0.2) is 0 Å². The van der Waals surface area contributed by atoms with Crippen molar-refractivity contribution in [2.45, 2.75) is 32.4 Å². The number of carboxylic acid groups (broad SMARTS) is 1. The van der Waals surface area contributed by atoms with E-state index in [4.69, 9.17) is 9.63 Å². The molecule has 1 amide bonds. The highest BCUT2D eigenvalue weighted by Gasteiger charge is 2.40. The first-order chi connectivity index (χ1) is 8.41. The third kappa shape index (κ3) is 1.97. The molecule has 1 fully saturated rings. The molecular formula is C11H14N2O5. The van der Waals surface area contributed by atoms with E-state index in [9.17, 15) is 14.7 Å². The monoisotopic (exact) mass is 254 g/mol. The maximum absolute atomic E-state index is 12.3. The Morgan fingerprint density at radius 1 is 1.44 bits per heavy atom. The van der Waals surface area contributed by atoms with Crippen molar-refractivity contribution in [2.24, 2.45) is 0 Å². The minimum Gasteiger partial charge on any atom is -0.480 e. The van der Waals surface area contributed by atoms with E-state index in [2.05, 4.69) is 5.16 Å². The fourth-order valence-electron chi connectivity index (χ4n) is 2.20. The molecule has 0 bridgehead atoms. The number of hydrogen-bond donors (Lipinski definition) is 2. The van der Waals surface area contributed by atoms with Crippen molar-refractivity contribution >= 4 is 11.9 Å². The third-order valence-electron chi connectivity index (χ3n) is 3.07. The van der Waals surface area contributed by atoms with Crippen LogP contribution in [0.1, 0.15) is 28.2 Å². The summed E-state index contributed by atoms with van der Waals surface area (Å²) in [6, 6.07) is -0.999. The van der Waals surface area contributed by atoms with Crippen LogP contribution in [0.2, 0.25) is 0 Å². The molecule has 0 unspecified atom stereocenters. The van der Waals surface area contributed by atoms with E-state index in [1.165, 1.54) is 0 Å². The van der Waals surface area contributed by atoms with E-state index in [0.29, 0.717) is 11.5 Å². The van der Waals surface area contributed by atoms with Gasteiger partial charge in [0.05, 0.1) is 11.8 Å². The quantitative estimate of drug-likeness (QED) is 0.767. The number of hydrogen-bond acceptors (Lipinski definition) is 5. The number of aromatic nitrogens is 1. The van der Waals surface area contributed by atoms with Crippen LogP contribution in [0.5, 0.6) is 0 Å². The number of carbonyl (C=O) groups is 2. The summed E-state index contributed by atoms with van der Waals surface area (Å²) in [7, 11) is 0. The van der Waals surface area contributed by atoms with Gasteiger partial charge in [-0.25, -0.2) is 4.79 Å². The first-order valence-corrected chi connectivity index (χ1v) is 5.56. The number of aliphatic hydroxyl groups excluding tert-OH is 1. The zero-order valence-electron chi connectivity index (χ0n) is 10.1. The summed E-state index contributed by atoms with van der Waals surface area (Å²) in [6.45, 7) is 3.22. The predicted octanol–water partition coefficient (Wildman–Crippen LogP) is -0.0486. The van der Waals surface area contributed by atoms with Crippen molar-refractivity contribution in [1.82, 2.24) is 10.1 Å². The summed E-state index contributed by atoms with van der Waals surface area (Å²) in [6.07, 6.45) is -0.764. The third-order valence-corrected chi connectivity index (χ3v) is 3.07. The molecule has 18 heavy (non-hydrogen) atoms. The molecule has 2 rings (SSSR count). The van der Waals surface area contributed by atoms with Crippen LogP contribution < -0.4 is 0 Å². The molecule has 98 valence electrons. The zero-order chi connectivity index (χ0) is 13.4. The van der Waals surface area contributed by atoms with Crippen LogP contribution in [0.4, 0.5) is 0 Å². The molecule has 1 aromatic heterocycles. The second kappa shape index (κ2) is 4.41. The van der Waals surface area contributed by atoms with Gasteiger partial charge in [0.2, 0.25) is 0 Å². The summed E-state index contributed by atoms with van der Waals surface area (Å²) in [4.78, 5) is 24.5. The molecule has 1 aromatic rings. The lowest BCUT2D eigenvalue weighted by atomic mass is 10.1. The van der Waals surface area contributed by atoms with Gasteiger partial charge in [0.1, 0.15) is 17.4 Å². The Balaban J connectivity index is 2.31. The number of β-amino-alcohol motifs (C(OH)–C–C–N with tert-alkyl or cyclic N) is 1. The molecule has 2 N–H and O–H groups in total. The largest absolute Gasteiger partial charge is 0.480 e. The van der Waals surface area contributed by atoms with E-state index in [1.807, 2.05) is 0 Å². The van der Waals surface area contributed by atoms with Gasteiger partial charge in [0, 0.05) is 13.0 Å². The van der Waals surface area contributed by atoms with Gasteiger partial charge in [-0.05, 0) is 13.8 Å².